The summed E-state index contributed by atoms with van der Waals surface area (Å²) < 4.78 is 48.3. The van der Waals surface area contributed by atoms with Crippen LogP contribution in [-0.4, -0.2) is 142 Å². The Balaban J connectivity index is 1.10. The molecular weight excluding hydrogens is 907 g/mol. The molecule has 19 heteroatoms. The second kappa shape index (κ2) is 24.2. The first-order valence-electron chi connectivity index (χ1n) is 23.8. The Bertz CT molecular complexity index is 2690. The molecule has 1 aliphatic carbocycles. The summed E-state index contributed by atoms with van der Waals surface area (Å²) in [7, 11) is -4.73. The summed E-state index contributed by atoms with van der Waals surface area (Å²) in [6.45, 7) is 12.6. The molecule has 0 aromatic heterocycles. The number of hydrogen-bond acceptors (Lipinski definition) is 11. The minimum Gasteiger partial charge on any atom is -0.456 e. The van der Waals surface area contributed by atoms with Crippen molar-refractivity contribution in [3.63, 3.8) is 0 Å². The molecule has 2 aromatic carbocycles. The van der Waals surface area contributed by atoms with Gasteiger partial charge in [0.15, 0.2) is 0 Å². The van der Waals surface area contributed by atoms with Crippen LogP contribution in [0.2, 0.25) is 0 Å². The maximum Gasteiger partial charge on any atom is 0.267 e. The van der Waals surface area contributed by atoms with Crippen molar-refractivity contribution < 1.29 is 50.9 Å². The van der Waals surface area contributed by atoms with Crippen LogP contribution in [0.4, 0.5) is 5.69 Å². The van der Waals surface area contributed by atoms with Gasteiger partial charge in [0.05, 0.1) is 25.8 Å². The molecule has 6 amide bonds. The monoisotopic (exact) mass is 970 g/mol. The average Bonchev–Trinajstić information content (AvgIpc) is 3.96. The van der Waals surface area contributed by atoms with Crippen LogP contribution in [0.5, 0.6) is 0 Å². The topological polar surface area (TPSA) is 228 Å². The average molecular weight is 971 g/mol. The Morgan fingerprint density at radius 3 is 2.33 bits per heavy atom. The molecule has 2 aromatic rings. The van der Waals surface area contributed by atoms with E-state index in [1.807, 2.05) is 48.5 Å². The number of hydrogen-bond donors (Lipinski definition) is 4. The molecule has 0 bridgehead atoms. The van der Waals surface area contributed by atoms with Gasteiger partial charge in [-0.15, -0.1) is 0 Å². The van der Waals surface area contributed by atoms with E-state index in [0.29, 0.717) is 48.2 Å². The van der Waals surface area contributed by atoms with Gasteiger partial charge in [-0.05, 0) is 83.2 Å². The third-order valence-electron chi connectivity index (χ3n) is 12.5. The maximum absolute atomic E-state index is 14.8. The van der Waals surface area contributed by atoms with Crippen molar-refractivity contribution in [3.05, 3.63) is 83.7 Å². The fraction of sp³-hybridized carbons (Fsp3) is 0.460. The van der Waals surface area contributed by atoms with E-state index in [1.54, 1.807) is 12.1 Å². The summed E-state index contributed by atoms with van der Waals surface area (Å²) in [5.41, 5.74) is 4.24. The van der Waals surface area contributed by atoms with E-state index in [2.05, 4.69) is 53.1 Å². The first-order valence-corrected chi connectivity index (χ1v) is 25.4. The smallest absolute Gasteiger partial charge is 0.267 e. The lowest BCUT2D eigenvalue weighted by Gasteiger charge is -2.27. The number of benzene rings is 3. The van der Waals surface area contributed by atoms with E-state index >= 15 is 0 Å². The summed E-state index contributed by atoms with van der Waals surface area (Å²) in [6.07, 6.45) is 4.83. The second-order valence-electron chi connectivity index (χ2n) is 16.9. The molecule has 1 saturated heterocycles. The van der Waals surface area contributed by atoms with Crippen LogP contribution < -0.4 is 30.8 Å². The van der Waals surface area contributed by atoms with Gasteiger partial charge in [-0.1, -0.05) is 24.6 Å². The number of rotatable bonds is 24. The molecule has 3 aliphatic heterocycles. The molecule has 0 saturated carbocycles. The van der Waals surface area contributed by atoms with E-state index in [4.69, 9.17) is 9.15 Å². The van der Waals surface area contributed by atoms with E-state index in [1.165, 1.54) is 17.1 Å². The highest BCUT2D eigenvalue weighted by Crippen LogP contribution is 2.42. The predicted molar refractivity (Wildman–Crippen MR) is 262 cm³/mol. The van der Waals surface area contributed by atoms with Gasteiger partial charge in [0.1, 0.15) is 42.3 Å². The van der Waals surface area contributed by atoms with Crippen molar-refractivity contribution in [1.82, 2.24) is 30.3 Å². The lowest BCUT2D eigenvalue weighted by atomic mass is 9.90. The van der Waals surface area contributed by atoms with Crippen LogP contribution in [0.25, 0.3) is 33.4 Å². The number of likely N-dealkylation sites (tertiary alicyclic amines) is 1. The van der Waals surface area contributed by atoms with Crippen molar-refractivity contribution in [1.29, 1.82) is 0 Å². The van der Waals surface area contributed by atoms with Gasteiger partial charge < -0.3 is 34.9 Å². The minimum absolute atomic E-state index is 0.109. The molecule has 3 heterocycles. The number of nitrogens with zero attached hydrogens (tertiary/aromatic N) is 4. The van der Waals surface area contributed by atoms with Crippen LogP contribution in [0.15, 0.2) is 77.2 Å². The zero-order chi connectivity index (χ0) is 49.7. The normalized spacial score (nSPS) is 15.2. The molecule has 0 radical (unpaired) electrons. The summed E-state index contributed by atoms with van der Waals surface area (Å²) in [5, 5.41) is 9.67. The van der Waals surface area contributed by atoms with Gasteiger partial charge in [-0.2, -0.15) is 8.42 Å². The lowest BCUT2D eigenvalue weighted by molar-refractivity contribution is -0.137. The number of imide groups is 1. The van der Waals surface area contributed by atoms with Crippen molar-refractivity contribution >= 4 is 62.2 Å². The summed E-state index contributed by atoms with van der Waals surface area (Å²) in [6, 6.07) is 16.7. The van der Waals surface area contributed by atoms with Crippen molar-refractivity contribution in [2.45, 2.75) is 78.3 Å². The molecule has 6 rings (SSSR count). The molecule has 4 aliphatic rings. The SMILES string of the molecule is CCN(CC)c1ccc2c(-c3ccccc3C(=O)N3CCCC3C(=O)NC(CS(=O)(=O)O)C(=O)NCCCCCC(=O)NCCOCCN3C(=O)C=CC3=O)c3ccc(=[N+](CC)CC)cc-3oc2c1. The Labute approximate surface area is 402 Å². The van der Waals surface area contributed by atoms with Crippen LogP contribution in [0, 0.1) is 0 Å². The lowest BCUT2D eigenvalue weighted by Crippen LogP contribution is -2.55. The van der Waals surface area contributed by atoms with Gasteiger partial charge in [0.25, 0.3) is 27.8 Å². The van der Waals surface area contributed by atoms with E-state index in [9.17, 15) is 41.7 Å². The van der Waals surface area contributed by atoms with Gasteiger partial charge in [0, 0.05) is 91.2 Å². The molecule has 370 valence electrons. The molecule has 2 atom stereocenters. The molecule has 69 heavy (non-hydrogen) atoms. The zero-order valence-corrected chi connectivity index (χ0v) is 40.6. The van der Waals surface area contributed by atoms with Gasteiger partial charge in [-0.25, -0.2) is 4.58 Å². The largest absolute Gasteiger partial charge is 0.456 e. The second-order valence-corrected chi connectivity index (χ2v) is 18.4. The quantitative estimate of drug-likeness (QED) is 0.0260. The molecule has 18 nitrogen and oxygen atoms in total. The van der Waals surface area contributed by atoms with Crippen LogP contribution in [0.1, 0.15) is 76.6 Å². The van der Waals surface area contributed by atoms with Crippen molar-refractivity contribution in [2.75, 3.05) is 76.2 Å². The molecule has 1 fully saturated rings. The highest BCUT2D eigenvalue weighted by atomic mass is 32.2. The fourth-order valence-corrected chi connectivity index (χ4v) is 9.55. The predicted octanol–water partition coefficient (Wildman–Crippen LogP) is 3.57. The van der Waals surface area contributed by atoms with Crippen LogP contribution >= 0.6 is 0 Å². The third-order valence-corrected chi connectivity index (χ3v) is 13.3. The van der Waals surface area contributed by atoms with Crippen LogP contribution in [-0.2, 0) is 38.8 Å². The number of anilines is 1. The van der Waals surface area contributed by atoms with E-state index < -0.39 is 45.7 Å². The first kappa shape index (κ1) is 51.9. The minimum atomic E-state index is -4.73. The van der Waals surface area contributed by atoms with Crippen LogP contribution in [0.3, 0.4) is 0 Å². The Morgan fingerprint density at radius 1 is 0.884 bits per heavy atom. The summed E-state index contributed by atoms with van der Waals surface area (Å²) in [5.74, 6) is -3.37. The van der Waals surface area contributed by atoms with Gasteiger partial charge >= 0.3 is 0 Å². The van der Waals surface area contributed by atoms with Gasteiger partial charge in [-0.3, -0.25) is 38.2 Å². The number of nitrogens with one attached hydrogen (secondary N) is 3. The first-order chi connectivity index (χ1) is 33.2. The summed E-state index contributed by atoms with van der Waals surface area (Å²) >= 11 is 0. The van der Waals surface area contributed by atoms with E-state index in [0.717, 1.165) is 58.6 Å². The highest BCUT2D eigenvalue weighted by molar-refractivity contribution is 7.85. The number of unbranched alkanes of at least 4 members (excludes halogenated alkanes) is 2. The molecule has 0 spiro atoms. The number of carbonyl (C=O) groups excluding carboxylic acids is 6. The Kier molecular flexibility index (Phi) is 18.2. The number of fused-ring (bicyclic) bond motifs is 2. The van der Waals surface area contributed by atoms with Crippen molar-refractivity contribution in [2.24, 2.45) is 0 Å². The van der Waals surface area contributed by atoms with Gasteiger partial charge in [0.2, 0.25) is 23.1 Å². The number of ether oxygens (including phenoxy) is 1. The highest BCUT2D eigenvalue weighted by Gasteiger charge is 2.38. The Morgan fingerprint density at radius 2 is 1.62 bits per heavy atom. The molecule has 2 unspecified atom stereocenters. The number of carbonyl (C=O) groups is 6. The fourth-order valence-electron chi connectivity index (χ4n) is 8.90. The standard InChI is InChI=1S/C50H63N7O11S/c1-5-54(6-2)34-19-21-38-42(31-34)68-43-32-35(55(7-3)8-4)20-22-39(43)47(38)36-15-11-12-16-37(36)50(63)56-27-14-17-41(56)49(62)53-40(33-69(64,65)66)48(61)52-25-13-9-10-18-44(58)51-26-29-67-30-28-57-45(59)23-24-46(57)60/h11-12,15-16,19-24,31-32,40-41H,5-10,13-14,17-18,25-30,33H2,1-4H3,(H3-,51,52,53,58,61,62,64,65,66)/p+1. The van der Waals surface area contributed by atoms with Crippen molar-refractivity contribution in [3.8, 4) is 22.5 Å². The maximum atomic E-state index is 14.8. The number of amides is 6. The Hall–Kier alpha value is -6.44. The molecular formula is C50H64N7O11S+. The third kappa shape index (κ3) is 13.2. The molecule has 4 N–H and O–H groups in total. The van der Waals surface area contributed by atoms with E-state index in [-0.39, 0.29) is 70.0 Å². The zero-order valence-electron chi connectivity index (χ0n) is 39.8. The summed E-state index contributed by atoms with van der Waals surface area (Å²) in [4.78, 5) is 82.3.